The van der Waals surface area contributed by atoms with Crippen LogP contribution in [0.2, 0.25) is 0 Å². The maximum atomic E-state index is 12.8. The molecule has 1 aromatic carbocycles. The number of ether oxygens (including phenoxy) is 1. The lowest BCUT2D eigenvalue weighted by molar-refractivity contribution is -0.137. The molecule has 0 aliphatic heterocycles. The first kappa shape index (κ1) is 22.5. The lowest BCUT2D eigenvalue weighted by atomic mass is 10.0. The minimum atomic E-state index is -4.47. The molecule has 0 bridgehead atoms. The zero-order valence-electron chi connectivity index (χ0n) is 17.4. The smallest absolute Gasteiger partial charge is 0.380 e. The fraction of sp³-hybridized carbons (Fsp3) is 0.318. The van der Waals surface area contributed by atoms with Gasteiger partial charge in [0.2, 0.25) is 0 Å². The second kappa shape index (κ2) is 9.30. The Morgan fingerprint density at radius 2 is 1.90 bits per heavy atom. The number of rotatable bonds is 7. The van der Waals surface area contributed by atoms with Crippen molar-refractivity contribution in [1.82, 2.24) is 20.1 Å². The van der Waals surface area contributed by atoms with Crippen LogP contribution in [0.3, 0.4) is 0 Å². The van der Waals surface area contributed by atoms with Gasteiger partial charge in [0, 0.05) is 19.9 Å². The van der Waals surface area contributed by atoms with Crippen LogP contribution in [-0.2, 0) is 24.1 Å². The Kier molecular flexibility index (Phi) is 6.74. The monoisotopic (exact) mass is 432 g/mol. The maximum Gasteiger partial charge on any atom is 0.417 e. The maximum absolute atomic E-state index is 12.8. The number of carbonyl (C=O) groups is 1. The molecular formula is C22H23F3N4O2. The summed E-state index contributed by atoms with van der Waals surface area (Å²) in [6, 6.07) is 9.86. The van der Waals surface area contributed by atoms with Crippen molar-refractivity contribution >= 4 is 5.91 Å². The van der Waals surface area contributed by atoms with Crippen molar-refractivity contribution in [3.8, 4) is 5.82 Å². The van der Waals surface area contributed by atoms with Crippen LogP contribution in [0, 0.1) is 0 Å². The highest BCUT2D eigenvalue weighted by Gasteiger charge is 2.31. The van der Waals surface area contributed by atoms with Crippen LogP contribution in [0.5, 0.6) is 0 Å². The van der Waals surface area contributed by atoms with Gasteiger partial charge in [0.15, 0.2) is 5.82 Å². The molecule has 0 aliphatic rings. The zero-order valence-corrected chi connectivity index (χ0v) is 17.4. The SMILES string of the molecule is COCc1cccc(CNC(=O)c2cnn(-c3ccc(C(F)(F)F)cn3)c2C(C)C)c1. The highest BCUT2D eigenvalue weighted by atomic mass is 19.4. The number of nitrogens with one attached hydrogen (secondary N) is 1. The van der Waals surface area contributed by atoms with E-state index in [2.05, 4.69) is 15.4 Å². The summed E-state index contributed by atoms with van der Waals surface area (Å²) in [5.41, 5.74) is 2.00. The molecule has 0 atom stereocenters. The van der Waals surface area contributed by atoms with Crippen molar-refractivity contribution in [2.24, 2.45) is 0 Å². The van der Waals surface area contributed by atoms with Crippen LogP contribution < -0.4 is 5.32 Å². The molecule has 6 nitrogen and oxygen atoms in total. The van der Waals surface area contributed by atoms with Gasteiger partial charge in [-0.25, -0.2) is 9.67 Å². The number of benzene rings is 1. The largest absolute Gasteiger partial charge is 0.417 e. The molecule has 31 heavy (non-hydrogen) atoms. The second-order valence-corrected chi connectivity index (χ2v) is 7.35. The van der Waals surface area contributed by atoms with Crippen molar-refractivity contribution < 1.29 is 22.7 Å². The Morgan fingerprint density at radius 1 is 1.16 bits per heavy atom. The number of halogens is 3. The molecule has 3 aromatic rings. The predicted octanol–water partition coefficient (Wildman–Crippen LogP) is 4.49. The Morgan fingerprint density at radius 3 is 2.52 bits per heavy atom. The van der Waals surface area contributed by atoms with Crippen LogP contribution in [-0.4, -0.2) is 27.8 Å². The number of pyridine rings is 1. The molecule has 0 saturated carbocycles. The lowest BCUT2D eigenvalue weighted by Gasteiger charge is -2.13. The third-order valence-electron chi connectivity index (χ3n) is 4.65. The average Bonchev–Trinajstić information content (AvgIpc) is 3.18. The van der Waals surface area contributed by atoms with E-state index in [4.69, 9.17) is 4.74 Å². The molecule has 2 heterocycles. The third-order valence-corrected chi connectivity index (χ3v) is 4.65. The molecule has 2 aromatic heterocycles. The molecule has 1 amide bonds. The Balaban J connectivity index is 1.81. The van der Waals surface area contributed by atoms with Gasteiger partial charge in [-0.05, 0) is 29.2 Å². The third kappa shape index (κ3) is 5.29. The summed E-state index contributed by atoms with van der Waals surface area (Å²) in [6.45, 7) is 4.55. The normalized spacial score (nSPS) is 11.7. The molecule has 164 valence electrons. The van der Waals surface area contributed by atoms with Gasteiger partial charge >= 0.3 is 6.18 Å². The van der Waals surface area contributed by atoms with Crippen LogP contribution in [0.25, 0.3) is 5.82 Å². The summed E-state index contributed by atoms with van der Waals surface area (Å²) < 4.78 is 45.0. The lowest BCUT2D eigenvalue weighted by Crippen LogP contribution is -2.24. The van der Waals surface area contributed by atoms with Gasteiger partial charge in [0.05, 0.1) is 29.6 Å². The summed E-state index contributed by atoms with van der Waals surface area (Å²) in [5.74, 6) is -0.223. The second-order valence-electron chi connectivity index (χ2n) is 7.35. The number of carbonyl (C=O) groups excluding carboxylic acids is 1. The molecule has 0 saturated heterocycles. The molecule has 3 rings (SSSR count). The van der Waals surface area contributed by atoms with Crippen LogP contribution >= 0.6 is 0 Å². The van der Waals surface area contributed by atoms with E-state index in [1.165, 1.54) is 16.9 Å². The van der Waals surface area contributed by atoms with Crippen molar-refractivity contribution in [1.29, 1.82) is 0 Å². The predicted molar refractivity (Wildman–Crippen MR) is 109 cm³/mol. The fourth-order valence-corrected chi connectivity index (χ4v) is 3.22. The molecule has 0 fully saturated rings. The first-order valence-electron chi connectivity index (χ1n) is 9.67. The summed E-state index contributed by atoms with van der Waals surface area (Å²) in [4.78, 5) is 16.7. The quantitative estimate of drug-likeness (QED) is 0.598. The standard InChI is InChI=1S/C22H23F3N4O2/c1-14(2)20-18(21(30)27-10-15-5-4-6-16(9-15)13-31-3)12-28-29(20)19-8-7-17(11-26-19)22(23,24)25/h4-9,11-12,14H,10,13H2,1-3H3,(H,27,30). The first-order chi connectivity index (χ1) is 14.7. The summed E-state index contributed by atoms with van der Waals surface area (Å²) >= 11 is 0. The van der Waals surface area contributed by atoms with E-state index in [0.717, 1.165) is 23.4 Å². The van der Waals surface area contributed by atoms with Crippen molar-refractivity contribution in [3.63, 3.8) is 0 Å². The van der Waals surface area contributed by atoms with Gasteiger partial charge in [0.1, 0.15) is 0 Å². The number of hydrogen-bond acceptors (Lipinski definition) is 4. The van der Waals surface area contributed by atoms with Crippen LogP contribution in [0.1, 0.15) is 52.5 Å². The number of aromatic nitrogens is 3. The molecule has 9 heteroatoms. The van der Waals surface area contributed by atoms with E-state index in [9.17, 15) is 18.0 Å². The molecule has 0 aliphatic carbocycles. The van der Waals surface area contributed by atoms with E-state index >= 15 is 0 Å². The number of nitrogens with zero attached hydrogens (tertiary/aromatic N) is 3. The van der Waals surface area contributed by atoms with Crippen molar-refractivity contribution in [3.05, 3.63) is 76.7 Å². The van der Waals surface area contributed by atoms with E-state index in [0.29, 0.717) is 24.4 Å². The highest BCUT2D eigenvalue weighted by molar-refractivity contribution is 5.95. The molecule has 0 spiro atoms. The number of methoxy groups -OCH3 is 1. The summed E-state index contributed by atoms with van der Waals surface area (Å²) in [5, 5.41) is 7.08. The van der Waals surface area contributed by atoms with Crippen LogP contribution in [0.4, 0.5) is 13.2 Å². The van der Waals surface area contributed by atoms with E-state index < -0.39 is 11.7 Å². The first-order valence-corrected chi connectivity index (χ1v) is 9.67. The number of amides is 1. The Labute approximate surface area is 178 Å². The van der Waals surface area contributed by atoms with Gasteiger partial charge in [-0.1, -0.05) is 38.1 Å². The molecule has 0 unspecified atom stereocenters. The van der Waals surface area contributed by atoms with E-state index in [1.807, 2.05) is 38.1 Å². The van der Waals surface area contributed by atoms with Crippen molar-refractivity contribution in [2.75, 3.05) is 7.11 Å². The van der Waals surface area contributed by atoms with Gasteiger partial charge in [-0.15, -0.1) is 0 Å². The van der Waals surface area contributed by atoms with Gasteiger partial charge in [-0.3, -0.25) is 4.79 Å². The van der Waals surface area contributed by atoms with E-state index in [-0.39, 0.29) is 17.6 Å². The minimum absolute atomic E-state index is 0.114. The van der Waals surface area contributed by atoms with Gasteiger partial charge < -0.3 is 10.1 Å². The summed E-state index contributed by atoms with van der Waals surface area (Å²) in [7, 11) is 1.62. The number of hydrogen-bond donors (Lipinski definition) is 1. The Hall–Kier alpha value is -3.20. The topological polar surface area (TPSA) is 69.0 Å². The van der Waals surface area contributed by atoms with Crippen molar-refractivity contribution in [2.45, 2.75) is 39.1 Å². The molecular weight excluding hydrogens is 409 g/mol. The number of alkyl halides is 3. The average molecular weight is 432 g/mol. The van der Waals surface area contributed by atoms with Gasteiger partial charge in [0.25, 0.3) is 5.91 Å². The van der Waals surface area contributed by atoms with Gasteiger partial charge in [-0.2, -0.15) is 18.3 Å². The van der Waals surface area contributed by atoms with Crippen LogP contribution in [0.15, 0.2) is 48.8 Å². The Bertz CT molecular complexity index is 1040. The minimum Gasteiger partial charge on any atom is -0.380 e. The zero-order chi connectivity index (χ0) is 22.6. The summed E-state index contributed by atoms with van der Waals surface area (Å²) in [6.07, 6.45) is -2.30. The molecule has 1 N–H and O–H groups in total. The fourth-order valence-electron chi connectivity index (χ4n) is 3.22. The molecule has 0 radical (unpaired) electrons. The highest BCUT2D eigenvalue weighted by Crippen LogP contribution is 2.29. The van der Waals surface area contributed by atoms with E-state index in [1.54, 1.807) is 7.11 Å².